The third-order valence-corrected chi connectivity index (χ3v) is 7.03. The summed E-state index contributed by atoms with van der Waals surface area (Å²) >= 11 is 3.84. The number of hydrogen-bond donors (Lipinski definition) is 0. The quantitative estimate of drug-likeness (QED) is 0.688. The molecule has 1 heterocycles. The van der Waals surface area contributed by atoms with Gasteiger partial charge in [0.25, 0.3) is 0 Å². The van der Waals surface area contributed by atoms with Gasteiger partial charge in [0.15, 0.2) is 0 Å². The van der Waals surface area contributed by atoms with Gasteiger partial charge in [-0.15, -0.1) is 0 Å². The molecule has 0 amide bonds. The average Bonchev–Trinajstić information content (AvgIpc) is 2.89. The fourth-order valence-corrected chi connectivity index (χ4v) is 5.56. The zero-order chi connectivity index (χ0) is 12.4. The predicted octanol–water partition coefficient (Wildman–Crippen LogP) is 4.60. The molecule has 0 N–H and O–H groups in total. The highest BCUT2D eigenvalue weighted by Crippen LogP contribution is 2.43. The van der Waals surface area contributed by atoms with E-state index < -0.39 is 0 Å². The molecule has 2 unspecified atom stereocenters. The van der Waals surface area contributed by atoms with E-state index in [9.17, 15) is 0 Å². The molecule has 3 rings (SSSR count). The maximum absolute atomic E-state index is 3.84. The normalized spacial score (nSPS) is 36.5. The largest absolute Gasteiger partial charge is 0.300 e. The van der Waals surface area contributed by atoms with Crippen LogP contribution in [0.5, 0.6) is 0 Å². The molecule has 0 spiro atoms. The molecule has 0 bridgehead atoms. The molecule has 0 radical (unpaired) electrons. The van der Waals surface area contributed by atoms with Gasteiger partial charge in [-0.2, -0.15) is 0 Å². The minimum Gasteiger partial charge on any atom is -0.300 e. The summed E-state index contributed by atoms with van der Waals surface area (Å²) < 4.78 is 0. The van der Waals surface area contributed by atoms with Crippen molar-refractivity contribution in [3.05, 3.63) is 0 Å². The molecule has 2 saturated carbocycles. The third-order valence-electron chi connectivity index (χ3n) is 5.84. The molecule has 1 aliphatic heterocycles. The summed E-state index contributed by atoms with van der Waals surface area (Å²) in [5.41, 5.74) is 0.614. The van der Waals surface area contributed by atoms with Crippen molar-refractivity contribution in [2.45, 2.75) is 70.3 Å². The lowest BCUT2D eigenvalue weighted by Gasteiger charge is -2.45. The lowest BCUT2D eigenvalue weighted by Crippen LogP contribution is -2.49. The van der Waals surface area contributed by atoms with E-state index in [0.29, 0.717) is 5.41 Å². The molecule has 1 saturated heterocycles. The molecule has 1 nitrogen and oxygen atoms in total. The van der Waals surface area contributed by atoms with Crippen molar-refractivity contribution < 1.29 is 0 Å². The molecule has 0 aromatic carbocycles. The topological polar surface area (TPSA) is 3.24 Å². The van der Waals surface area contributed by atoms with Crippen LogP contribution in [-0.2, 0) is 0 Å². The van der Waals surface area contributed by atoms with Gasteiger partial charge in [0, 0.05) is 17.9 Å². The van der Waals surface area contributed by atoms with Crippen LogP contribution in [-0.4, -0.2) is 29.4 Å². The highest BCUT2D eigenvalue weighted by Gasteiger charge is 2.40. The number of halogens is 1. The minimum atomic E-state index is 0.614. The van der Waals surface area contributed by atoms with Crippen LogP contribution in [0.25, 0.3) is 0 Å². The average molecular weight is 314 g/mol. The van der Waals surface area contributed by atoms with Crippen LogP contribution in [0.3, 0.4) is 0 Å². The Bertz CT molecular complexity index is 272. The number of likely N-dealkylation sites (tertiary alicyclic amines) is 1. The van der Waals surface area contributed by atoms with E-state index in [0.717, 1.165) is 12.0 Å². The summed E-state index contributed by atoms with van der Waals surface area (Å²) in [4.78, 5) is 2.90. The van der Waals surface area contributed by atoms with E-state index in [-0.39, 0.29) is 0 Å². The zero-order valence-electron chi connectivity index (χ0n) is 11.7. The van der Waals surface area contributed by atoms with Crippen LogP contribution in [0.1, 0.15) is 64.2 Å². The molecule has 104 valence electrons. The molecule has 2 atom stereocenters. The first-order chi connectivity index (χ1) is 8.83. The smallest absolute Gasteiger partial charge is 0.0124 e. The van der Waals surface area contributed by atoms with Crippen LogP contribution >= 0.6 is 15.9 Å². The minimum absolute atomic E-state index is 0.614. The van der Waals surface area contributed by atoms with Crippen LogP contribution < -0.4 is 0 Å². The summed E-state index contributed by atoms with van der Waals surface area (Å²) in [5, 5.41) is 1.23. The highest BCUT2D eigenvalue weighted by atomic mass is 79.9. The number of fused-ring (bicyclic) bond motifs is 1. The fourth-order valence-electron chi connectivity index (χ4n) is 4.82. The van der Waals surface area contributed by atoms with E-state index in [4.69, 9.17) is 0 Å². The predicted molar refractivity (Wildman–Crippen MR) is 81.2 cm³/mol. The summed E-state index contributed by atoms with van der Waals surface area (Å²) in [6.07, 6.45) is 14.8. The Balaban J connectivity index is 1.66. The van der Waals surface area contributed by atoms with Crippen LogP contribution in [0, 0.1) is 11.3 Å². The second-order valence-electron chi connectivity index (χ2n) is 7.07. The second-order valence-corrected chi connectivity index (χ2v) is 7.63. The molecule has 0 aromatic rings. The van der Waals surface area contributed by atoms with Gasteiger partial charge in [-0.05, 0) is 56.4 Å². The van der Waals surface area contributed by atoms with Gasteiger partial charge in [-0.1, -0.05) is 41.6 Å². The number of alkyl halides is 1. The fraction of sp³-hybridized carbons (Fsp3) is 1.00. The van der Waals surface area contributed by atoms with E-state index in [2.05, 4.69) is 20.8 Å². The summed E-state index contributed by atoms with van der Waals surface area (Å²) in [7, 11) is 0. The molecule has 3 aliphatic rings. The first-order valence-electron chi connectivity index (χ1n) is 8.13. The maximum Gasteiger partial charge on any atom is 0.0124 e. The molecule has 2 aliphatic carbocycles. The van der Waals surface area contributed by atoms with Crippen LogP contribution in [0.15, 0.2) is 0 Å². The van der Waals surface area contributed by atoms with Crippen LogP contribution in [0.2, 0.25) is 0 Å². The summed E-state index contributed by atoms with van der Waals surface area (Å²) in [5.74, 6) is 1.05. The van der Waals surface area contributed by atoms with Gasteiger partial charge in [0.1, 0.15) is 0 Å². The Hall–Kier alpha value is 0.440. The lowest BCUT2D eigenvalue weighted by atomic mass is 9.74. The first kappa shape index (κ1) is 13.4. The van der Waals surface area contributed by atoms with Gasteiger partial charge in [0.2, 0.25) is 0 Å². The summed E-state index contributed by atoms with van der Waals surface area (Å²) in [6.45, 7) is 2.77. The van der Waals surface area contributed by atoms with Gasteiger partial charge in [-0.3, -0.25) is 4.90 Å². The number of rotatable bonds is 3. The second kappa shape index (κ2) is 5.83. The molecule has 2 heteroatoms. The van der Waals surface area contributed by atoms with Crippen LogP contribution in [0.4, 0.5) is 0 Å². The standard InChI is InChI=1S/C16H28BrN/c17-12-16(9-2-1-3-10-16)13-18-11-5-7-14-6-4-8-15(14)18/h14-15H,1-13H2. The first-order valence-corrected chi connectivity index (χ1v) is 9.25. The molecule has 3 fully saturated rings. The van der Waals surface area contributed by atoms with E-state index >= 15 is 0 Å². The maximum atomic E-state index is 3.84. The van der Waals surface area contributed by atoms with Crippen molar-refractivity contribution in [2.24, 2.45) is 11.3 Å². The Kier molecular flexibility index (Phi) is 4.35. The van der Waals surface area contributed by atoms with Gasteiger partial charge < -0.3 is 0 Å². The van der Waals surface area contributed by atoms with Gasteiger partial charge in [0.05, 0.1) is 0 Å². The van der Waals surface area contributed by atoms with Crippen molar-refractivity contribution in [3.8, 4) is 0 Å². The lowest BCUT2D eigenvalue weighted by molar-refractivity contribution is 0.0511. The van der Waals surface area contributed by atoms with E-state index in [1.807, 2.05) is 0 Å². The molecular weight excluding hydrogens is 286 g/mol. The van der Waals surface area contributed by atoms with Gasteiger partial charge in [-0.25, -0.2) is 0 Å². The Morgan fingerprint density at radius 3 is 2.50 bits per heavy atom. The van der Waals surface area contributed by atoms with E-state index in [1.54, 1.807) is 0 Å². The zero-order valence-corrected chi connectivity index (χ0v) is 13.3. The van der Waals surface area contributed by atoms with Crippen molar-refractivity contribution in [1.29, 1.82) is 0 Å². The molecular formula is C16H28BrN. The monoisotopic (exact) mass is 313 g/mol. The van der Waals surface area contributed by atoms with Crippen molar-refractivity contribution in [1.82, 2.24) is 4.90 Å². The number of piperidine rings is 1. The van der Waals surface area contributed by atoms with Crippen molar-refractivity contribution in [2.75, 3.05) is 18.4 Å². The van der Waals surface area contributed by atoms with E-state index in [1.165, 1.54) is 82.6 Å². The Labute approximate surface area is 121 Å². The number of nitrogens with zero attached hydrogens (tertiary/aromatic N) is 1. The summed E-state index contributed by atoms with van der Waals surface area (Å²) in [6, 6.07) is 0.955. The third kappa shape index (κ3) is 2.65. The SMILES string of the molecule is BrCC1(CN2CCCC3CCCC32)CCCCC1. The van der Waals surface area contributed by atoms with Crippen molar-refractivity contribution in [3.63, 3.8) is 0 Å². The molecule has 18 heavy (non-hydrogen) atoms. The highest BCUT2D eigenvalue weighted by molar-refractivity contribution is 9.09. The van der Waals surface area contributed by atoms with Gasteiger partial charge >= 0.3 is 0 Å². The Morgan fingerprint density at radius 1 is 0.944 bits per heavy atom. The van der Waals surface area contributed by atoms with Crippen molar-refractivity contribution >= 4 is 15.9 Å². The Morgan fingerprint density at radius 2 is 1.72 bits per heavy atom. The molecule has 0 aromatic heterocycles. The number of hydrogen-bond acceptors (Lipinski definition) is 1.